The summed E-state index contributed by atoms with van der Waals surface area (Å²) in [5.74, 6) is -0.339. The highest BCUT2D eigenvalue weighted by Gasteiger charge is 2.16. The number of hydrogen-bond donors (Lipinski definition) is 1. The first kappa shape index (κ1) is 13.4. The smallest absolute Gasteiger partial charge is 0.323 e. The molecule has 0 aliphatic rings. The minimum Gasteiger partial charge on any atom is -0.480 e. The monoisotopic (exact) mass is 326 g/mol. The topological polar surface area (TPSA) is 55.1 Å². The van der Waals surface area contributed by atoms with E-state index < -0.39 is 5.97 Å². The molecule has 4 nitrogen and oxygen atoms in total. The van der Waals surface area contributed by atoms with Crippen molar-refractivity contribution in [1.82, 2.24) is 9.55 Å². The van der Waals surface area contributed by atoms with Gasteiger partial charge in [0, 0.05) is 10.9 Å². The number of nitrogens with zero attached hydrogens (tertiary/aromatic N) is 2. The van der Waals surface area contributed by atoms with E-state index in [9.17, 15) is 4.79 Å². The van der Waals surface area contributed by atoms with Gasteiger partial charge in [-0.2, -0.15) is 11.3 Å². The van der Waals surface area contributed by atoms with E-state index in [2.05, 4.69) is 4.98 Å². The van der Waals surface area contributed by atoms with Crippen LogP contribution in [0.25, 0.3) is 22.4 Å². The summed E-state index contributed by atoms with van der Waals surface area (Å²) in [6, 6.07) is 5.19. The minimum atomic E-state index is -0.938. The van der Waals surface area contributed by atoms with Gasteiger partial charge in [0.15, 0.2) is 0 Å². The summed E-state index contributed by atoms with van der Waals surface area (Å²) in [6.45, 7) is -0.181. The highest BCUT2D eigenvalue weighted by Crippen LogP contribution is 2.31. The van der Waals surface area contributed by atoms with Gasteiger partial charge in [-0.1, -0.05) is 23.2 Å². The molecule has 20 heavy (non-hydrogen) atoms. The summed E-state index contributed by atoms with van der Waals surface area (Å²) in [5, 5.41) is 13.7. The first-order valence-electron chi connectivity index (χ1n) is 5.66. The second-order valence-corrected chi connectivity index (χ2v) is 5.78. The van der Waals surface area contributed by atoms with E-state index in [0.29, 0.717) is 26.9 Å². The van der Waals surface area contributed by atoms with Gasteiger partial charge >= 0.3 is 5.97 Å². The number of benzene rings is 1. The molecule has 0 saturated heterocycles. The maximum atomic E-state index is 11.1. The molecule has 3 aromatic rings. The van der Waals surface area contributed by atoms with E-state index >= 15 is 0 Å². The van der Waals surface area contributed by atoms with Crippen LogP contribution in [-0.4, -0.2) is 20.6 Å². The summed E-state index contributed by atoms with van der Waals surface area (Å²) in [7, 11) is 0. The Morgan fingerprint density at radius 2 is 2.10 bits per heavy atom. The normalized spacial score (nSPS) is 11.1. The number of halogens is 2. The number of carboxylic acids is 1. The summed E-state index contributed by atoms with van der Waals surface area (Å²) in [4.78, 5) is 15.6. The Kier molecular flexibility index (Phi) is 3.41. The molecule has 1 N–H and O–H groups in total. The number of carboxylic acid groups (broad SMARTS) is 1. The number of rotatable bonds is 3. The maximum absolute atomic E-state index is 11.1. The van der Waals surface area contributed by atoms with E-state index in [1.54, 1.807) is 16.7 Å². The lowest BCUT2D eigenvalue weighted by Gasteiger charge is -2.05. The molecule has 0 aliphatic carbocycles. The number of hydrogen-bond acceptors (Lipinski definition) is 3. The molecule has 0 unspecified atom stereocenters. The maximum Gasteiger partial charge on any atom is 0.323 e. The van der Waals surface area contributed by atoms with Crippen molar-refractivity contribution in [2.75, 3.05) is 0 Å². The van der Waals surface area contributed by atoms with Crippen LogP contribution in [0.4, 0.5) is 0 Å². The molecule has 0 spiro atoms. The fourth-order valence-corrected chi connectivity index (χ4v) is 2.98. The molecular formula is C13H8Cl2N2O2S. The van der Waals surface area contributed by atoms with E-state index in [1.165, 1.54) is 11.3 Å². The van der Waals surface area contributed by atoms with Gasteiger partial charge in [0.25, 0.3) is 0 Å². The summed E-state index contributed by atoms with van der Waals surface area (Å²) < 4.78 is 1.63. The lowest BCUT2D eigenvalue weighted by molar-refractivity contribution is -0.137. The van der Waals surface area contributed by atoms with Crippen molar-refractivity contribution < 1.29 is 9.90 Å². The van der Waals surface area contributed by atoms with Crippen LogP contribution in [0.3, 0.4) is 0 Å². The van der Waals surface area contributed by atoms with Crippen LogP contribution in [0.15, 0.2) is 29.0 Å². The molecule has 0 saturated carbocycles. The van der Waals surface area contributed by atoms with Gasteiger partial charge < -0.3 is 9.67 Å². The molecule has 0 atom stereocenters. The number of imidazole rings is 1. The van der Waals surface area contributed by atoms with Crippen molar-refractivity contribution >= 4 is 51.5 Å². The molecular weight excluding hydrogens is 319 g/mol. The largest absolute Gasteiger partial charge is 0.480 e. The van der Waals surface area contributed by atoms with Crippen molar-refractivity contribution in [2.45, 2.75) is 6.54 Å². The quantitative estimate of drug-likeness (QED) is 0.786. The molecule has 1 aromatic carbocycles. The van der Waals surface area contributed by atoms with Crippen LogP contribution >= 0.6 is 34.5 Å². The van der Waals surface area contributed by atoms with Gasteiger partial charge in [-0.25, -0.2) is 4.98 Å². The van der Waals surface area contributed by atoms with Crippen molar-refractivity contribution in [2.24, 2.45) is 0 Å². The van der Waals surface area contributed by atoms with Gasteiger partial charge in [0.2, 0.25) is 0 Å². The summed E-state index contributed by atoms with van der Waals surface area (Å²) >= 11 is 13.5. The average Bonchev–Trinajstić information content (AvgIpc) is 2.99. The Labute approximate surface area is 128 Å². The number of thiophene rings is 1. The van der Waals surface area contributed by atoms with Crippen molar-refractivity contribution in [1.29, 1.82) is 0 Å². The van der Waals surface area contributed by atoms with Crippen LogP contribution in [0.2, 0.25) is 10.0 Å². The van der Waals surface area contributed by atoms with Crippen LogP contribution in [0, 0.1) is 0 Å². The lowest BCUT2D eigenvalue weighted by atomic mass is 10.3. The Morgan fingerprint density at radius 3 is 2.75 bits per heavy atom. The van der Waals surface area contributed by atoms with Crippen LogP contribution in [0.1, 0.15) is 0 Å². The van der Waals surface area contributed by atoms with Crippen LogP contribution in [-0.2, 0) is 11.3 Å². The molecule has 2 heterocycles. The Bertz CT molecular complexity index is 796. The van der Waals surface area contributed by atoms with E-state index in [-0.39, 0.29) is 6.54 Å². The molecule has 2 aromatic heterocycles. The van der Waals surface area contributed by atoms with Gasteiger partial charge in [0.05, 0.1) is 21.1 Å². The van der Waals surface area contributed by atoms with Gasteiger partial charge in [0.1, 0.15) is 12.4 Å². The number of fused-ring (bicyclic) bond motifs is 1. The zero-order chi connectivity index (χ0) is 14.3. The van der Waals surface area contributed by atoms with Crippen molar-refractivity contribution in [3.8, 4) is 11.4 Å². The molecule has 0 amide bonds. The Morgan fingerprint density at radius 1 is 1.35 bits per heavy atom. The summed E-state index contributed by atoms with van der Waals surface area (Å²) in [6.07, 6.45) is 0. The van der Waals surface area contributed by atoms with E-state index in [1.807, 2.05) is 16.8 Å². The highest BCUT2D eigenvalue weighted by molar-refractivity contribution is 7.08. The van der Waals surface area contributed by atoms with Crippen LogP contribution < -0.4 is 0 Å². The van der Waals surface area contributed by atoms with Crippen molar-refractivity contribution in [3.05, 3.63) is 39.0 Å². The molecule has 0 fully saturated rings. The molecule has 3 rings (SSSR count). The van der Waals surface area contributed by atoms with Crippen LogP contribution in [0.5, 0.6) is 0 Å². The predicted octanol–water partition coefficient (Wildman–Crippen LogP) is 4.16. The summed E-state index contributed by atoms with van der Waals surface area (Å²) in [5.41, 5.74) is 2.16. The third-order valence-electron chi connectivity index (χ3n) is 2.86. The second kappa shape index (κ2) is 5.09. The minimum absolute atomic E-state index is 0.181. The second-order valence-electron chi connectivity index (χ2n) is 4.18. The number of carbonyl (C=O) groups is 1. The third kappa shape index (κ3) is 2.28. The molecule has 0 aliphatic heterocycles. The molecule has 0 bridgehead atoms. The molecule has 7 heteroatoms. The zero-order valence-corrected chi connectivity index (χ0v) is 12.3. The fraction of sp³-hybridized carbons (Fsp3) is 0.0769. The number of aromatic nitrogens is 2. The van der Waals surface area contributed by atoms with E-state index in [4.69, 9.17) is 28.3 Å². The predicted molar refractivity (Wildman–Crippen MR) is 80.7 cm³/mol. The van der Waals surface area contributed by atoms with Gasteiger partial charge in [-0.05, 0) is 23.6 Å². The fourth-order valence-electron chi connectivity index (χ4n) is 2.03. The first-order chi connectivity index (χ1) is 9.56. The Hall–Kier alpha value is -1.56. The standard InChI is InChI=1S/C13H8Cl2N2O2S/c14-8-3-10-11(4-9(8)15)17(5-12(18)19)13(16-10)7-1-2-20-6-7/h1-4,6H,5H2,(H,18,19). The molecule has 102 valence electrons. The lowest BCUT2D eigenvalue weighted by Crippen LogP contribution is -2.09. The zero-order valence-electron chi connectivity index (χ0n) is 10.0. The van der Waals surface area contributed by atoms with Gasteiger partial charge in [-0.3, -0.25) is 4.79 Å². The SMILES string of the molecule is O=C(O)Cn1c(-c2ccsc2)nc2cc(Cl)c(Cl)cc21. The molecule has 0 radical (unpaired) electrons. The highest BCUT2D eigenvalue weighted by atomic mass is 35.5. The Balaban J connectivity index is 2.30. The first-order valence-corrected chi connectivity index (χ1v) is 7.36. The average molecular weight is 327 g/mol. The van der Waals surface area contributed by atoms with Crippen molar-refractivity contribution in [3.63, 3.8) is 0 Å². The van der Waals surface area contributed by atoms with E-state index in [0.717, 1.165) is 5.56 Å². The number of aliphatic carboxylic acids is 1. The van der Waals surface area contributed by atoms with Gasteiger partial charge in [-0.15, -0.1) is 0 Å². The third-order valence-corrected chi connectivity index (χ3v) is 4.27.